The van der Waals surface area contributed by atoms with Gasteiger partial charge in [-0.05, 0) is 37.5 Å². The minimum absolute atomic E-state index is 0.121. The molecular weight excluding hydrogens is 511 g/mol. The second-order valence-electron chi connectivity index (χ2n) is 11.1. The maximum absolute atomic E-state index is 13.7. The summed E-state index contributed by atoms with van der Waals surface area (Å²) >= 11 is 0. The normalized spacial score (nSPS) is 16.3. The van der Waals surface area contributed by atoms with Gasteiger partial charge in [0.2, 0.25) is 0 Å². The van der Waals surface area contributed by atoms with Crippen LogP contribution in [0.5, 0.6) is 0 Å². The number of alkyl halides is 3. The lowest BCUT2D eigenvalue weighted by Crippen LogP contribution is -2.64. The molecule has 5 rings (SSSR count). The number of carbonyl (C=O) groups excluding carboxylic acids is 2. The van der Waals surface area contributed by atoms with E-state index in [4.69, 9.17) is 0 Å². The number of rotatable bonds is 3. The van der Waals surface area contributed by atoms with Crippen molar-refractivity contribution in [3.8, 4) is 11.3 Å². The van der Waals surface area contributed by atoms with Gasteiger partial charge in [0.25, 0.3) is 11.8 Å². The number of hydrogen-bond donors (Lipinski definition) is 1. The Hall–Kier alpha value is -4.22. The molecule has 1 fully saturated rings. The van der Waals surface area contributed by atoms with Gasteiger partial charge in [0.1, 0.15) is 11.2 Å². The van der Waals surface area contributed by atoms with Crippen molar-refractivity contribution < 1.29 is 22.8 Å². The van der Waals surface area contributed by atoms with Crippen LogP contribution in [-0.4, -0.2) is 60.1 Å². The first kappa shape index (κ1) is 26.4. The van der Waals surface area contributed by atoms with E-state index in [1.54, 1.807) is 37.2 Å². The van der Waals surface area contributed by atoms with E-state index in [1.807, 2.05) is 20.8 Å². The maximum Gasteiger partial charge on any atom is 0.416 e. The lowest BCUT2D eigenvalue weighted by Gasteiger charge is -2.45. The molecule has 1 saturated heterocycles. The lowest BCUT2D eigenvalue weighted by atomic mass is 9.87. The Morgan fingerprint density at radius 1 is 1.08 bits per heavy atom. The van der Waals surface area contributed by atoms with Crippen LogP contribution in [0.25, 0.3) is 16.9 Å². The average molecular weight is 540 g/mol. The molecule has 1 N–H and O–H groups in total. The third-order valence-electron chi connectivity index (χ3n) is 6.99. The molecule has 2 amide bonds. The Kier molecular flexibility index (Phi) is 6.04. The van der Waals surface area contributed by atoms with Crippen LogP contribution in [0.1, 0.15) is 56.2 Å². The Balaban J connectivity index is 1.52. The molecule has 1 aliphatic rings. The molecule has 39 heavy (non-hydrogen) atoms. The number of piperazine rings is 1. The fourth-order valence-corrected chi connectivity index (χ4v) is 4.76. The van der Waals surface area contributed by atoms with E-state index in [0.717, 1.165) is 17.7 Å². The molecule has 204 valence electrons. The summed E-state index contributed by atoms with van der Waals surface area (Å²) in [6.45, 7) is 9.90. The molecule has 0 unspecified atom stereocenters. The van der Waals surface area contributed by atoms with Crippen molar-refractivity contribution in [2.45, 2.75) is 51.7 Å². The SMILES string of the molecule is CC(C)(C)c1cc(-c2ccc(C(F)(F)F)cc2)nn2cc(C(=O)N3CCN(c4cn[nH]c4)C(=O)C3(C)C)nc12. The quantitative estimate of drug-likeness (QED) is 0.407. The first-order valence-electron chi connectivity index (χ1n) is 12.4. The van der Waals surface area contributed by atoms with Crippen LogP contribution in [0, 0.1) is 0 Å². The van der Waals surface area contributed by atoms with E-state index in [9.17, 15) is 22.8 Å². The van der Waals surface area contributed by atoms with Crippen LogP contribution in [-0.2, 0) is 16.4 Å². The minimum atomic E-state index is -4.44. The highest BCUT2D eigenvalue weighted by molar-refractivity contribution is 6.05. The van der Waals surface area contributed by atoms with E-state index in [-0.39, 0.29) is 18.1 Å². The lowest BCUT2D eigenvalue weighted by molar-refractivity contribution is -0.137. The fraction of sp³-hybridized carbons (Fsp3) is 0.370. The summed E-state index contributed by atoms with van der Waals surface area (Å²) in [6, 6.07) is 6.57. The molecule has 0 atom stereocenters. The van der Waals surface area contributed by atoms with Crippen LogP contribution >= 0.6 is 0 Å². The van der Waals surface area contributed by atoms with Crippen molar-refractivity contribution in [3.63, 3.8) is 0 Å². The summed E-state index contributed by atoms with van der Waals surface area (Å²) in [5.74, 6) is -0.660. The Morgan fingerprint density at radius 3 is 2.36 bits per heavy atom. The molecule has 4 aromatic rings. The number of amides is 2. The van der Waals surface area contributed by atoms with Gasteiger partial charge in [-0.3, -0.25) is 14.7 Å². The molecule has 3 aromatic heterocycles. The summed E-state index contributed by atoms with van der Waals surface area (Å²) in [7, 11) is 0. The van der Waals surface area contributed by atoms with E-state index < -0.39 is 28.6 Å². The minimum Gasteiger partial charge on any atom is -0.321 e. The number of nitrogens with one attached hydrogen (secondary N) is 1. The topological polar surface area (TPSA) is 99.5 Å². The molecule has 0 aliphatic carbocycles. The summed E-state index contributed by atoms with van der Waals surface area (Å²) in [5, 5.41) is 11.2. The highest BCUT2D eigenvalue weighted by atomic mass is 19.4. The van der Waals surface area contributed by atoms with E-state index in [0.29, 0.717) is 29.1 Å². The summed E-state index contributed by atoms with van der Waals surface area (Å²) < 4.78 is 40.7. The number of anilines is 1. The molecule has 1 aromatic carbocycles. The zero-order valence-corrected chi connectivity index (χ0v) is 22.2. The first-order chi connectivity index (χ1) is 18.2. The van der Waals surface area contributed by atoms with Crippen LogP contribution in [0.2, 0.25) is 0 Å². The molecule has 4 heterocycles. The third kappa shape index (κ3) is 4.64. The smallest absolute Gasteiger partial charge is 0.321 e. The Bertz CT molecular complexity index is 1550. The van der Waals surface area contributed by atoms with Crippen molar-refractivity contribution in [2.24, 2.45) is 0 Å². The van der Waals surface area contributed by atoms with Crippen molar-refractivity contribution in [2.75, 3.05) is 18.0 Å². The highest BCUT2D eigenvalue weighted by Crippen LogP contribution is 2.34. The summed E-state index contributed by atoms with van der Waals surface area (Å²) in [6.07, 6.45) is 0.248. The average Bonchev–Trinajstić information content (AvgIpc) is 3.54. The number of carbonyl (C=O) groups is 2. The second-order valence-corrected chi connectivity index (χ2v) is 11.1. The Labute approximate surface area is 222 Å². The highest BCUT2D eigenvalue weighted by Gasteiger charge is 2.45. The molecule has 0 saturated carbocycles. The van der Waals surface area contributed by atoms with Crippen LogP contribution < -0.4 is 4.90 Å². The first-order valence-corrected chi connectivity index (χ1v) is 12.4. The van der Waals surface area contributed by atoms with Gasteiger partial charge in [0, 0.05) is 30.4 Å². The number of fused-ring (bicyclic) bond motifs is 1. The third-order valence-corrected chi connectivity index (χ3v) is 6.99. The zero-order chi connectivity index (χ0) is 28.3. The van der Waals surface area contributed by atoms with Crippen molar-refractivity contribution in [1.29, 1.82) is 0 Å². The Morgan fingerprint density at radius 2 is 1.77 bits per heavy atom. The van der Waals surface area contributed by atoms with Crippen molar-refractivity contribution in [3.05, 3.63) is 65.7 Å². The summed E-state index contributed by atoms with van der Waals surface area (Å²) in [4.78, 5) is 34.7. The van der Waals surface area contributed by atoms with Gasteiger partial charge < -0.3 is 9.80 Å². The zero-order valence-electron chi connectivity index (χ0n) is 22.2. The molecule has 1 aliphatic heterocycles. The van der Waals surface area contributed by atoms with Gasteiger partial charge in [0.15, 0.2) is 5.65 Å². The number of aromatic amines is 1. The number of benzene rings is 1. The summed E-state index contributed by atoms with van der Waals surface area (Å²) in [5.41, 5.74) is 0.618. The van der Waals surface area contributed by atoms with Gasteiger partial charge in [-0.2, -0.15) is 23.4 Å². The standard InChI is InChI=1S/C27H28F3N7O2/c1-25(2,3)19-12-20(16-6-8-17(9-7-16)27(28,29)30)34-37-15-21(33-22(19)37)23(38)36-11-10-35(18-13-31-32-14-18)24(39)26(36,4)5/h6-9,12-15H,10-11H2,1-5H3,(H,31,32). The fourth-order valence-electron chi connectivity index (χ4n) is 4.76. The molecule has 9 nitrogen and oxygen atoms in total. The van der Waals surface area contributed by atoms with Crippen LogP contribution in [0.15, 0.2) is 48.9 Å². The monoisotopic (exact) mass is 539 g/mol. The number of halogens is 3. The van der Waals surface area contributed by atoms with E-state index in [2.05, 4.69) is 20.3 Å². The predicted molar refractivity (Wildman–Crippen MR) is 138 cm³/mol. The van der Waals surface area contributed by atoms with Gasteiger partial charge in [-0.15, -0.1) is 0 Å². The number of H-pyrrole nitrogens is 1. The van der Waals surface area contributed by atoms with Crippen molar-refractivity contribution >= 4 is 23.1 Å². The maximum atomic E-state index is 13.7. The predicted octanol–water partition coefficient (Wildman–Crippen LogP) is 4.70. The van der Waals surface area contributed by atoms with Crippen LogP contribution in [0.3, 0.4) is 0 Å². The van der Waals surface area contributed by atoms with Crippen molar-refractivity contribution in [1.82, 2.24) is 29.7 Å². The molecular formula is C27H28F3N7O2. The van der Waals surface area contributed by atoms with E-state index >= 15 is 0 Å². The number of nitrogens with zero attached hydrogens (tertiary/aromatic N) is 6. The number of imidazole rings is 1. The molecule has 0 spiro atoms. The van der Waals surface area contributed by atoms with Gasteiger partial charge in [0.05, 0.1) is 29.3 Å². The van der Waals surface area contributed by atoms with Gasteiger partial charge in [-0.25, -0.2) is 9.50 Å². The second kappa shape index (κ2) is 8.92. The van der Waals surface area contributed by atoms with Gasteiger partial charge in [-0.1, -0.05) is 32.9 Å². The van der Waals surface area contributed by atoms with E-state index in [1.165, 1.54) is 27.7 Å². The molecule has 12 heteroatoms. The molecule has 0 bridgehead atoms. The number of aromatic nitrogens is 5. The van der Waals surface area contributed by atoms with Crippen LogP contribution in [0.4, 0.5) is 18.9 Å². The van der Waals surface area contributed by atoms with Gasteiger partial charge >= 0.3 is 6.18 Å². The largest absolute Gasteiger partial charge is 0.416 e. The number of hydrogen-bond acceptors (Lipinski definition) is 5. The molecule has 0 radical (unpaired) electrons.